The van der Waals surface area contributed by atoms with Crippen molar-refractivity contribution in [3.8, 4) is 0 Å². The van der Waals surface area contributed by atoms with Gasteiger partial charge in [0.25, 0.3) is 0 Å². The maximum Gasteiger partial charge on any atom is 0.00747 e. The van der Waals surface area contributed by atoms with Crippen molar-refractivity contribution in [1.82, 2.24) is 0 Å². The first-order chi connectivity index (χ1) is 13.5. The van der Waals surface area contributed by atoms with Crippen LogP contribution in [-0.4, -0.2) is 0 Å². The first kappa shape index (κ1) is 30.1. The quantitative estimate of drug-likeness (QED) is 0.179. The SMILES string of the molecule is CC(C)(C)C1=CCC(C2(C)C=CC(C)(C)C3[CH-]CCC32)=C1.[CH2-]CCC.[CH2-]CCC.[Hf]. The smallest absolute Gasteiger partial charge is 0.00747 e. The fourth-order valence-electron chi connectivity index (χ4n) is 4.69. The second-order valence-corrected chi connectivity index (χ2v) is 10.9. The van der Waals surface area contributed by atoms with Crippen LogP contribution in [0.5, 0.6) is 0 Å². The molecule has 1 heteroatoms. The third-order valence-corrected chi connectivity index (χ3v) is 6.96. The van der Waals surface area contributed by atoms with Crippen LogP contribution in [0.15, 0.2) is 35.5 Å². The van der Waals surface area contributed by atoms with Gasteiger partial charge in [0.2, 0.25) is 0 Å². The molecule has 1 fully saturated rings. The molecule has 1 saturated carbocycles. The zero-order valence-electron chi connectivity index (χ0n) is 21.4. The topological polar surface area (TPSA) is 0 Å². The molecule has 3 aliphatic carbocycles. The number of unbranched alkanes of at least 4 members (excludes halogenated alkanes) is 2. The van der Waals surface area contributed by atoms with Crippen molar-refractivity contribution in [3.05, 3.63) is 55.7 Å². The van der Waals surface area contributed by atoms with Crippen molar-refractivity contribution in [2.45, 2.75) is 100 Å². The van der Waals surface area contributed by atoms with E-state index in [2.05, 4.69) is 100.0 Å². The summed E-state index contributed by atoms with van der Waals surface area (Å²) in [6.07, 6.45) is 21.0. The molecule has 0 N–H and O–H groups in total. The first-order valence-corrected chi connectivity index (χ1v) is 12.0. The fraction of sp³-hybridized carbons (Fsp3) is 0.690. The number of hydrogen-bond acceptors (Lipinski definition) is 0. The summed E-state index contributed by atoms with van der Waals surface area (Å²) in [4.78, 5) is 0. The number of allylic oxidation sites excluding steroid dienone is 6. The fourth-order valence-corrected chi connectivity index (χ4v) is 4.69. The Morgan fingerprint density at radius 3 is 2.00 bits per heavy atom. The predicted molar refractivity (Wildman–Crippen MR) is 132 cm³/mol. The molecule has 30 heavy (non-hydrogen) atoms. The summed E-state index contributed by atoms with van der Waals surface area (Å²) in [7, 11) is 0. The molecule has 172 valence electrons. The second kappa shape index (κ2) is 13.0. The number of fused-ring (bicyclic) bond motifs is 1. The van der Waals surface area contributed by atoms with E-state index in [1.54, 1.807) is 5.57 Å². The summed E-state index contributed by atoms with van der Waals surface area (Å²) in [6, 6.07) is 0. The van der Waals surface area contributed by atoms with Gasteiger partial charge in [0.05, 0.1) is 0 Å². The van der Waals surface area contributed by atoms with Gasteiger partial charge in [-0.05, 0) is 22.8 Å². The minimum Gasteiger partial charge on any atom is -0.343 e. The molecule has 0 heterocycles. The van der Waals surface area contributed by atoms with Crippen LogP contribution in [0, 0.1) is 48.3 Å². The van der Waals surface area contributed by atoms with E-state index in [-0.39, 0.29) is 36.7 Å². The molecule has 0 nitrogen and oxygen atoms in total. The first-order valence-electron chi connectivity index (χ1n) is 12.0. The molecule has 3 atom stereocenters. The van der Waals surface area contributed by atoms with E-state index >= 15 is 0 Å². The van der Waals surface area contributed by atoms with Gasteiger partial charge in [-0.15, -0.1) is 0 Å². The van der Waals surface area contributed by atoms with Crippen molar-refractivity contribution < 1.29 is 25.8 Å². The van der Waals surface area contributed by atoms with E-state index in [9.17, 15) is 0 Å². The standard InChI is InChI=1S/C21H31.2C4H9.Hf/c1-19(2,3)15-10-11-16(14-15)21(6)13-12-20(4,5)17-8-7-9-18(17)21;2*1-3-4-2;/h8,10,12-14,17-18H,7,9,11H2,1-6H3;2*1,3-4H2,2H3;/q3*-1;. The van der Waals surface area contributed by atoms with Gasteiger partial charge >= 0.3 is 0 Å². The monoisotopic (exact) mass is 577 g/mol. The van der Waals surface area contributed by atoms with Crippen LogP contribution in [-0.2, 0) is 25.8 Å². The van der Waals surface area contributed by atoms with Gasteiger partial charge in [-0.1, -0.05) is 110 Å². The summed E-state index contributed by atoms with van der Waals surface area (Å²) in [5.41, 5.74) is 4.04. The largest absolute Gasteiger partial charge is 0.343 e. The van der Waals surface area contributed by atoms with Crippen LogP contribution >= 0.6 is 0 Å². The summed E-state index contributed by atoms with van der Waals surface area (Å²) in [5.74, 6) is 1.53. The molecule has 3 rings (SSSR count). The number of rotatable bonds is 3. The molecule has 0 bridgehead atoms. The van der Waals surface area contributed by atoms with Crippen LogP contribution in [0.2, 0.25) is 0 Å². The summed E-state index contributed by atoms with van der Waals surface area (Å²) < 4.78 is 0. The van der Waals surface area contributed by atoms with E-state index in [4.69, 9.17) is 0 Å². The maximum absolute atomic E-state index is 3.60. The Morgan fingerprint density at radius 1 is 1.03 bits per heavy atom. The number of hydrogen-bond donors (Lipinski definition) is 0. The van der Waals surface area contributed by atoms with Crippen molar-refractivity contribution >= 4 is 0 Å². The van der Waals surface area contributed by atoms with E-state index in [1.807, 2.05) is 0 Å². The maximum atomic E-state index is 3.60. The molecule has 0 aromatic carbocycles. The van der Waals surface area contributed by atoms with Crippen LogP contribution in [0.1, 0.15) is 100 Å². The van der Waals surface area contributed by atoms with E-state index in [0.717, 1.165) is 31.1 Å². The predicted octanol–water partition coefficient (Wildman–Crippen LogP) is 9.36. The molecule has 0 amide bonds. The average molecular weight is 576 g/mol. The van der Waals surface area contributed by atoms with Gasteiger partial charge in [-0.25, -0.2) is 0 Å². The van der Waals surface area contributed by atoms with Crippen LogP contribution in [0.3, 0.4) is 0 Å². The summed E-state index contributed by atoms with van der Waals surface area (Å²) in [6.45, 7) is 25.7. The Hall–Kier alpha value is 0.0901. The second-order valence-electron chi connectivity index (χ2n) is 10.9. The van der Waals surface area contributed by atoms with Crippen molar-refractivity contribution in [1.29, 1.82) is 0 Å². The molecule has 0 radical (unpaired) electrons. The molecule has 3 unspecified atom stereocenters. The Bertz CT molecular complexity index is 576. The summed E-state index contributed by atoms with van der Waals surface area (Å²) in [5, 5.41) is 0. The van der Waals surface area contributed by atoms with Gasteiger partial charge in [-0.2, -0.15) is 25.2 Å². The molecular formula is C29H49Hf-3. The van der Waals surface area contributed by atoms with Gasteiger partial charge in [-0.3, -0.25) is 0 Å². The Kier molecular flexibility index (Phi) is 13.0. The molecule has 0 aromatic heterocycles. The van der Waals surface area contributed by atoms with Crippen LogP contribution in [0.4, 0.5) is 0 Å². The molecule has 0 aromatic rings. The molecule has 0 saturated heterocycles. The van der Waals surface area contributed by atoms with Crippen LogP contribution < -0.4 is 0 Å². The summed E-state index contributed by atoms with van der Waals surface area (Å²) >= 11 is 0. The Balaban J connectivity index is 0.000000808. The minimum atomic E-state index is 0. The van der Waals surface area contributed by atoms with Crippen molar-refractivity contribution in [2.24, 2.45) is 28.1 Å². The van der Waals surface area contributed by atoms with E-state index < -0.39 is 0 Å². The van der Waals surface area contributed by atoms with Crippen molar-refractivity contribution in [2.75, 3.05) is 0 Å². The third kappa shape index (κ3) is 7.60. The molecule has 0 aliphatic heterocycles. The third-order valence-electron chi connectivity index (χ3n) is 6.96. The minimum absolute atomic E-state index is 0. The zero-order chi connectivity index (χ0) is 22.3. The van der Waals surface area contributed by atoms with Gasteiger partial charge in [0.15, 0.2) is 0 Å². The Labute approximate surface area is 209 Å². The van der Waals surface area contributed by atoms with Crippen LogP contribution in [0.25, 0.3) is 0 Å². The zero-order valence-corrected chi connectivity index (χ0v) is 25.0. The van der Waals surface area contributed by atoms with E-state index in [1.165, 1.54) is 31.3 Å². The average Bonchev–Trinajstić information content (AvgIpc) is 3.36. The molecule has 0 spiro atoms. The Morgan fingerprint density at radius 2 is 1.57 bits per heavy atom. The normalized spacial score (nSPS) is 28.7. The van der Waals surface area contributed by atoms with E-state index in [0.29, 0.717) is 5.41 Å². The molecular weight excluding hydrogens is 527 g/mol. The van der Waals surface area contributed by atoms with Gasteiger partial charge < -0.3 is 20.3 Å². The van der Waals surface area contributed by atoms with Gasteiger partial charge in [0, 0.05) is 31.3 Å². The van der Waals surface area contributed by atoms with Crippen molar-refractivity contribution in [3.63, 3.8) is 0 Å². The van der Waals surface area contributed by atoms with Gasteiger partial charge in [0.1, 0.15) is 0 Å². The molecule has 3 aliphatic rings.